The van der Waals surface area contributed by atoms with E-state index in [1.54, 1.807) is 24.3 Å². The molecule has 0 unspecified atom stereocenters. The first kappa shape index (κ1) is 20.0. The van der Waals surface area contributed by atoms with E-state index >= 15 is 0 Å². The molecule has 0 aromatic heterocycles. The van der Waals surface area contributed by atoms with E-state index in [0.717, 1.165) is 9.69 Å². The third-order valence-electron chi connectivity index (χ3n) is 3.94. The van der Waals surface area contributed by atoms with Crippen LogP contribution in [0, 0.1) is 11.3 Å². The van der Waals surface area contributed by atoms with Gasteiger partial charge in [-0.1, -0.05) is 35.3 Å². The van der Waals surface area contributed by atoms with Crippen molar-refractivity contribution in [2.75, 3.05) is 10.8 Å². The van der Waals surface area contributed by atoms with Crippen LogP contribution >= 0.6 is 23.2 Å². The molecule has 0 spiro atoms. The summed E-state index contributed by atoms with van der Waals surface area (Å²) in [6, 6.07) is 15.4. The van der Waals surface area contributed by atoms with Gasteiger partial charge in [-0.25, -0.2) is 8.42 Å². The van der Waals surface area contributed by atoms with Crippen molar-refractivity contribution in [1.29, 1.82) is 5.26 Å². The summed E-state index contributed by atoms with van der Waals surface area (Å²) in [6.45, 7) is -0.796. The zero-order chi connectivity index (χ0) is 20.5. The van der Waals surface area contributed by atoms with Gasteiger partial charge in [-0.2, -0.15) is 5.26 Å². The summed E-state index contributed by atoms with van der Waals surface area (Å²) in [5, 5.41) is 19.9. The van der Waals surface area contributed by atoms with Crippen LogP contribution in [-0.2, 0) is 14.8 Å². The van der Waals surface area contributed by atoms with Crippen LogP contribution in [0.15, 0.2) is 59.5 Å². The molecule has 0 aliphatic rings. The van der Waals surface area contributed by atoms with Crippen molar-refractivity contribution in [1.82, 2.24) is 0 Å². The highest BCUT2D eigenvalue weighted by Gasteiger charge is 2.28. The first-order valence-electron chi connectivity index (χ1n) is 7.85. The second-order valence-electron chi connectivity index (χ2n) is 5.87. The van der Waals surface area contributed by atoms with Crippen LogP contribution in [0.25, 0.3) is 10.8 Å². The Hall–Kier alpha value is -2.79. The van der Waals surface area contributed by atoms with E-state index in [-0.39, 0.29) is 20.6 Å². The number of aliphatic carboxylic acids is 1. The molecule has 6 nitrogen and oxygen atoms in total. The number of rotatable bonds is 5. The van der Waals surface area contributed by atoms with Gasteiger partial charge in [0.25, 0.3) is 10.0 Å². The number of hydrogen-bond acceptors (Lipinski definition) is 4. The maximum atomic E-state index is 13.1. The predicted molar refractivity (Wildman–Crippen MR) is 107 cm³/mol. The molecule has 3 aromatic rings. The molecule has 0 atom stereocenters. The fourth-order valence-corrected chi connectivity index (χ4v) is 4.83. The number of fused-ring (bicyclic) bond motifs is 1. The van der Waals surface area contributed by atoms with Gasteiger partial charge in [-0.15, -0.1) is 0 Å². The number of sulfonamides is 1. The van der Waals surface area contributed by atoms with Gasteiger partial charge in [0.05, 0.1) is 22.2 Å². The van der Waals surface area contributed by atoms with Gasteiger partial charge in [0, 0.05) is 10.0 Å². The van der Waals surface area contributed by atoms with Gasteiger partial charge < -0.3 is 5.11 Å². The number of carboxylic acids is 1. The number of nitrogens with zero attached hydrogens (tertiary/aromatic N) is 2. The minimum absolute atomic E-state index is 0.110. The van der Waals surface area contributed by atoms with E-state index in [1.807, 2.05) is 6.07 Å². The minimum atomic E-state index is -4.26. The number of carbonyl (C=O) groups is 1. The second kappa shape index (κ2) is 7.68. The van der Waals surface area contributed by atoms with Crippen molar-refractivity contribution >= 4 is 55.7 Å². The Kier molecular flexibility index (Phi) is 5.47. The summed E-state index contributed by atoms with van der Waals surface area (Å²) in [4.78, 5) is 11.1. The molecule has 0 saturated heterocycles. The van der Waals surface area contributed by atoms with E-state index in [1.165, 1.54) is 30.3 Å². The molecule has 0 radical (unpaired) electrons. The van der Waals surface area contributed by atoms with Gasteiger partial charge in [0.15, 0.2) is 0 Å². The average Bonchev–Trinajstić information content (AvgIpc) is 2.64. The first-order chi connectivity index (χ1) is 13.2. The number of anilines is 1. The van der Waals surface area contributed by atoms with Crippen molar-refractivity contribution < 1.29 is 18.3 Å². The van der Waals surface area contributed by atoms with Crippen LogP contribution in [0.5, 0.6) is 0 Å². The van der Waals surface area contributed by atoms with Crippen LogP contribution in [0.2, 0.25) is 10.0 Å². The molecule has 0 saturated carbocycles. The van der Waals surface area contributed by atoms with Crippen molar-refractivity contribution in [3.63, 3.8) is 0 Å². The van der Waals surface area contributed by atoms with E-state index in [0.29, 0.717) is 10.9 Å². The molecular weight excluding hydrogens is 423 g/mol. The molecular formula is C19H12Cl2N2O4S. The van der Waals surface area contributed by atoms with Crippen molar-refractivity contribution in [2.45, 2.75) is 4.90 Å². The Morgan fingerprint density at radius 3 is 2.25 bits per heavy atom. The number of carboxylic acid groups (broad SMARTS) is 1. The molecule has 0 heterocycles. The highest BCUT2D eigenvalue weighted by Crippen LogP contribution is 2.30. The molecule has 0 bridgehead atoms. The van der Waals surface area contributed by atoms with Crippen molar-refractivity contribution in [2.24, 2.45) is 0 Å². The Bertz CT molecular complexity index is 1220. The summed E-state index contributed by atoms with van der Waals surface area (Å²) < 4.78 is 27.0. The second-order valence-corrected chi connectivity index (χ2v) is 8.60. The SMILES string of the molecule is N#Cc1ccc2ccc(N(CC(=O)O)S(=O)(=O)c3cc(Cl)cc(Cl)c3)cc2c1. The Labute approximate surface area is 171 Å². The molecule has 3 rings (SSSR count). The Morgan fingerprint density at radius 1 is 1.00 bits per heavy atom. The number of nitriles is 1. The molecule has 0 aliphatic carbocycles. The van der Waals surface area contributed by atoms with Gasteiger partial charge in [-0.3, -0.25) is 9.10 Å². The summed E-state index contributed by atoms with van der Waals surface area (Å²) in [5.41, 5.74) is 0.542. The Morgan fingerprint density at radius 2 is 1.64 bits per heavy atom. The first-order valence-corrected chi connectivity index (χ1v) is 10.0. The molecule has 142 valence electrons. The zero-order valence-electron chi connectivity index (χ0n) is 14.1. The van der Waals surface area contributed by atoms with Gasteiger partial charge in [0.2, 0.25) is 0 Å². The third-order valence-corrected chi connectivity index (χ3v) is 6.13. The van der Waals surface area contributed by atoms with Crippen LogP contribution < -0.4 is 4.31 Å². The fourth-order valence-electron chi connectivity index (χ4n) is 2.70. The van der Waals surface area contributed by atoms with Crippen molar-refractivity contribution in [3.05, 3.63) is 70.2 Å². The number of benzene rings is 3. The van der Waals surface area contributed by atoms with Crippen LogP contribution in [0.4, 0.5) is 5.69 Å². The quantitative estimate of drug-likeness (QED) is 0.645. The molecule has 9 heteroatoms. The molecule has 0 amide bonds. The van der Waals surface area contributed by atoms with Gasteiger partial charge in [0.1, 0.15) is 6.54 Å². The largest absolute Gasteiger partial charge is 0.480 e. The van der Waals surface area contributed by atoms with Gasteiger partial charge in [-0.05, 0) is 53.2 Å². The van der Waals surface area contributed by atoms with E-state index in [9.17, 15) is 18.3 Å². The maximum absolute atomic E-state index is 13.1. The lowest BCUT2D eigenvalue weighted by molar-refractivity contribution is -0.135. The minimum Gasteiger partial charge on any atom is -0.480 e. The van der Waals surface area contributed by atoms with E-state index < -0.39 is 22.5 Å². The van der Waals surface area contributed by atoms with Crippen molar-refractivity contribution in [3.8, 4) is 6.07 Å². The average molecular weight is 435 g/mol. The smallest absolute Gasteiger partial charge is 0.324 e. The molecule has 0 aliphatic heterocycles. The standard InChI is InChI=1S/C19H12Cl2N2O4S/c20-15-7-16(21)9-18(8-15)28(26,27)23(11-19(24)25)17-4-3-13-2-1-12(10-22)5-14(13)6-17/h1-9H,11H2,(H,24,25). The van der Waals surface area contributed by atoms with Crippen LogP contribution in [-0.4, -0.2) is 26.0 Å². The van der Waals surface area contributed by atoms with Crippen LogP contribution in [0.1, 0.15) is 5.56 Å². The molecule has 0 fully saturated rings. The Balaban J connectivity index is 2.18. The monoisotopic (exact) mass is 434 g/mol. The van der Waals surface area contributed by atoms with E-state index in [2.05, 4.69) is 0 Å². The summed E-state index contributed by atoms with van der Waals surface area (Å²) >= 11 is 11.8. The lowest BCUT2D eigenvalue weighted by Crippen LogP contribution is -2.35. The third kappa shape index (κ3) is 4.04. The lowest BCUT2D eigenvalue weighted by Gasteiger charge is -2.23. The van der Waals surface area contributed by atoms with Gasteiger partial charge >= 0.3 is 5.97 Å². The highest BCUT2D eigenvalue weighted by molar-refractivity contribution is 7.92. The van der Waals surface area contributed by atoms with Crippen LogP contribution in [0.3, 0.4) is 0 Å². The maximum Gasteiger partial charge on any atom is 0.324 e. The predicted octanol–water partition coefficient (Wildman–Crippen LogP) is 4.30. The summed E-state index contributed by atoms with van der Waals surface area (Å²) in [7, 11) is -4.26. The fraction of sp³-hybridized carbons (Fsp3) is 0.0526. The summed E-state index contributed by atoms with van der Waals surface area (Å²) in [5.74, 6) is -1.33. The number of halogens is 2. The topological polar surface area (TPSA) is 98.5 Å². The molecule has 1 N–H and O–H groups in total. The molecule has 28 heavy (non-hydrogen) atoms. The lowest BCUT2D eigenvalue weighted by atomic mass is 10.1. The normalized spacial score (nSPS) is 11.2. The molecule has 3 aromatic carbocycles. The van der Waals surface area contributed by atoms with E-state index in [4.69, 9.17) is 28.5 Å². The zero-order valence-corrected chi connectivity index (χ0v) is 16.5. The summed E-state index contributed by atoms with van der Waals surface area (Å²) in [6.07, 6.45) is 0. The number of hydrogen-bond donors (Lipinski definition) is 1. The highest BCUT2D eigenvalue weighted by atomic mass is 35.5.